The van der Waals surface area contributed by atoms with Crippen molar-refractivity contribution in [3.05, 3.63) is 69.7 Å². The molecule has 0 amide bonds. The molecular formula is C20H20Cl2O3S. The van der Waals surface area contributed by atoms with Crippen molar-refractivity contribution in [1.82, 2.24) is 0 Å². The monoisotopic (exact) mass is 410 g/mol. The molecule has 0 bridgehead atoms. The SMILES string of the molecule is Cc1ccc(S(=O)(=O)/C(=C\C(=O)C(C)(C)C)c2ccc(Cl)cc2Cl)cc1. The second-order valence-electron chi connectivity index (χ2n) is 7.06. The Morgan fingerprint density at radius 1 is 1.00 bits per heavy atom. The summed E-state index contributed by atoms with van der Waals surface area (Å²) in [4.78, 5) is 12.5. The highest BCUT2D eigenvalue weighted by Gasteiger charge is 2.28. The van der Waals surface area contributed by atoms with E-state index in [4.69, 9.17) is 23.2 Å². The molecule has 3 nitrogen and oxygen atoms in total. The van der Waals surface area contributed by atoms with Gasteiger partial charge in [0.2, 0.25) is 9.84 Å². The minimum atomic E-state index is -3.95. The van der Waals surface area contributed by atoms with Crippen LogP contribution in [0.1, 0.15) is 31.9 Å². The number of carbonyl (C=O) groups excluding carboxylic acids is 1. The Morgan fingerprint density at radius 3 is 2.08 bits per heavy atom. The number of aryl methyl sites for hydroxylation is 1. The molecule has 2 aromatic rings. The van der Waals surface area contributed by atoms with Gasteiger partial charge in [-0.2, -0.15) is 0 Å². The van der Waals surface area contributed by atoms with E-state index in [1.165, 1.54) is 24.3 Å². The van der Waals surface area contributed by atoms with E-state index in [2.05, 4.69) is 0 Å². The average Bonchev–Trinajstić information content (AvgIpc) is 2.52. The number of allylic oxidation sites excluding steroid dienone is 1. The number of ketones is 1. The van der Waals surface area contributed by atoms with Gasteiger partial charge < -0.3 is 0 Å². The molecule has 0 heterocycles. The van der Waals surface area contributed by atoms with Crippen molar-refractivity contribution in [3.8, 4) is 0 Å². The van der Waals surface area contributed by atoms with E-state index in [1.807, 2.05) is 6.92 Å². The van der Waals surface area contributed by atoms with Gasteiger partial charge in [-0.05, 0) is 31.2 Å². The molecule has 26 heavy (non-hydrogen) atoms. The highest BCUT2D eigenvalue weighted by Crippen LogP contribution is 2.35. The molecule has 0 fully saturated rings. The lowest BCUT2D eigenvalue weighted by Gasteiger charge is -2.17. The third-order valence-corrected chi connectivity index (χ3v) is 6.18. The minimum absolute atomic E-state index is 0.0991. The van der Waals surface area contributed by atoms with Crippen molar-refractivity contribution < 1.29 is 13.2 Å². The lowest BCUT2D eigenvalue weighted by molar-refractivity contribution is -0.121. The van der Waals surface area contributed by atoms with Gasteiger partial charge in [-0.15, -0.1) is 0 Å². The molecule has 0 aromatic heterocycles. The van der Waals surface area contributed by atoms with Crippen molar-refractivity contribution in [2.75, 3.05) is 0 Å². The predicted octanol–water partition coefficient (Wildman–Crippen LogP) is 5.73. The molecule has 0 atom stereocenters. The molecule has 2 aromatic carbocycles. The van der Waals surface area contributed by atoms with E-state index in [-0.39, 0.29) is 26.2 Å². The maximum Gasteiger partial charge on any atom is 0.207 e. The Hall–Kier alpha value is -1.62. The summed E-state index contributed by atoms with van der Waals surface area (Å²) in [6.45, 7) is 7.05. The van der Waals surface area contributed by atoms with Crippen LogP contribution in [0.25, 0.3) is 4.91 Å². The summed E-state index contributed by atoms with van der Waals surface area (Å²) in [5, 5.41) is 0.550. The summed E-state index contributed by atoms with van der Waals surface area (Å²) in [5.74, 6) is -0.311. The first kappa shape index (κ1) is 20.7. The molecule has 0 N–H and O–H groups in total. The first-order valence-corrected chi connectivity index (χ1v) is 10.2. The fraction of sp³-hybridized carbons (Fsp3) is 0.250. The second kappa shape index (κ2) is 7.55. The summed E-state index contributed by atoms with van der Waals surface area (Å²) < 4.78 is 26.5. The summed E-state index contributed by atoms with van der Waals surface area (Å²) in [6, 6.07) is 11.0. The van der Waals surface area contributed by atoms with Crippen molar-refractivity contribution >= 4 is 43.7 Å². The van der Waals surface area contributed by atoms with Crippen LogP contribution < -0.4 is 0 Å². The largest absolute Gasteiger partial charge is 0.294 e. The van der Waals surface area contributed by atoms with Gasteiger partial charge in [0.05, 0.1) is 14.8 Å². The molecule has 0 radical (unpaired) electrons. The Balaban J connectivity index is 2.73. The highest BCUT2D eigenvalue weighted by molar-refractivity contribution is 8.00. The topological polar surface area (TPSA) is 51.2 Å². The number of rotatable bonds is 4. The Labute approximate surface area is 164 Å². The lowest BCUT2D eigenvalue weighted by atomic mass is 9.90. The molecule has 138 valence electrons. The van der Waals surface area contributed by atoms with Crippen LogP contribution in [0.5, 0.6) is 0 Å². The van der Waals surface area contributed by atoms with E-state index >= 15 is 0 Å². The number of hydrogen-bond donors (Lipinski definition) is 0. The Morgan fingerprint density at radius 2 is 1.58 bits per heavy atom. The van der Waals surface area contributed by atoms with E-state index in [0.29, 0.717) is 5.02 Å². The number of halogens is 2. The zero-order valence-electron chi connectivity index (χ0n) is 15.0. The second-order valence-corrected chi connectivity index (χ2v) is 9.83. The van der Waals surface area contributed by atoms with E-state index in [9.17, 15) is 13.2 Å². The van der Waals surface area contributed by atoms with Crippen LogP contribution in [0.4, 0.5) is 0 Å². The number of sulfone groups is 1. The van der Waals surface area contributed by atoms with Gasteiger partial charge in [0.1, 0.15) is 0 Å². The molecule has 0 unspecified atom stereocenters. The van der Waals surface area contributed by atoms with Crippen molar-refractivity contribution in [2.24, 2.45) is 5.41 Å². The zero-order valence-corrected chi connectivity index (χ0v) is 17.3. The van der Waals surface area contributed by atoms with Gasteiger partial charge in [0.25, 0.3) is 0 Å². The van der Waals surface area contributed by atoms with Crippen molar-refractivity contribution in [3.63, 3.8) is 0 Å². The van der Waals surface area contributed by atoms with Crippen LogP contribution >= 0.6 is 23.2 Å². The quantitative estimate of drug-likeness (QED) is 0.604. The molecule has 0 saturated heterocycles. The third-order valence-electron chi connectivity index (χ3n) is 3.82. The van der Waals surface area contributed by atoms with Gasteiger partial charge in [0.15, 0.2) is 5.78 Å². The number of carbonyl (C=O) groups is 1. The summed E-state index contributed by atoms with van der Waals surface area (Å²) in [6.07, 6.45) is 1.16. The van der Waals surface area contributed by atoms with E-state index < -0.39 is 15.3 Å². The predicted molar refractivity (Wildman–Crippen MR) is 107 cm³/mol. The van der Waals surface area contributed by atoms with Gasteiger partial charge >= 0.3 is 0 Å². The van der Waals surface area contributed by atoms with E-state index in [0.717, 1.165) is 11.6 Å². The summed E-state index contributed by atoms with van der Waals surface area (Å²) in [7, 11) is -3.95. The molecular weight excluding hydrogens is 391 g/mol. The minimum Gasteiger partial charge on any atom is -0.294 e. The van der Waals surface area contributed by atoms with Gasteiger partial charge in [0, 0.05) is 22.1 Å². The molecule has 0 aliphatic heterocycles. The van der Waals surface area contributed by atoms with Crippen molar-refractivity contribution in [1.29, 1.82) is 0 Å². The molecule has 0 saturated carbocycles. The molecule has 2 rings (SSSR count). The fourth-order valence-electron chi connectivity index (χ4n) is 2.17. The lowest BCUT2D eigenvalue weighted by Crippen LogP contribution is -2.19. The van der Waals surface area contributed by atoms with Gasteiger partial charge in [-0.3, -0.25) is 4.79 Å². The average molecular weight is 411 g/mol. The smallest absolute Gasteiger partial charge is 0.207 e. The first-order chi connectivity index (χ1) is 11.9. The Bertz CT molecular complexity index is 967. The molecule has 0 aliphatic rings. The molecule has 0 spiro atoms. The van der Waals surface area contributed by atoms with E-state index in [1.54, 1.807) is 39.0 Å². The highest BCUT2D eigenvalue weighted by atomic mass is 35.5. The summed E-state index contributed by atoms with van der Waals surface area (Å²) in [5.41, 5.74) is 0.450. The Kier molecular flexibility index (Phi) is 6.01. The normalized spacial score (nSPS) is 12.9. The van der Waals surface area contributed by atoms with Crippen LogP contribution in [-0.4, -0.2) is 14.2 Å². The van der Waals surface area contributed by atoms with Crippen LogP contribution in [0.3, 0.4) is 0 Å². The standard InChI is InChI=1S/C20H20Cl2O3S/c1-13-5-8-15(9-6-13)26(24,25)18(12-19(23)20(2,3)4)16-10-7-14(21)11-17(16)22/h5-12H,1-4H3/b18-12-. The van der Waals surface area contributed by atoms with Crippen molar-refractivity contribution in [2.45, 2.75) is 32.6 Å². The van der Waals surface area contributed by atoms with Crippen LogP contribution in [0, 0.1) is 12.3 Å². The number of benzene rings is 2. The molecule has 6 heteroatoms. The zero-order chi connectivity index (χ0) is 19.7. The van der Waals surface area contributed by atoms with Gasteiger partial charge in [-0.1, -0.05) is 67.7 Å². The first-order valence-electron chi connectivity index (χ1n) is 7.96. The van der Waals surface area contributed by atoms with Crippen LogP contribution in [0.2, 0.25) is 10.0 Å². The maximum atomic E-state index is 13.2. The fourth-order valence-corrected chi connectivity index (χ4v) is 4.21. The van der Waals surface area contributed by atoms with Gasteiger partial charge in [-0.25, -0.2) is 8.42 Å². The number of hydrogen-bond acceptors (Lipinski definition) is 3. The third kappa shape index (κ3) is 4.56. The van der Waals surface area contributed by atoms with Crippen LogP contribution in [-0.2, 0) is 14.6 Å². The molecule has 0 aliphatic carbocycles. The summed E-state index contributed by atoms with van der Waals surface area (Å²) >= 11 is 12.2. The maximum absolute atomic E-state index is 13.2. The van der Waals surface area contributed by atoms with Crippen LogP contribution in [0.15, 0.2) is 53.4 Å².